The van der Waals surface area contributed by atoms with Gasteiger partial charge in [-0.1, -0.05) is 35.9 Å². The number of rotatable bonds is 7. The molecule has 1 unspecified atom stereocenters. The molecule has 5 heteroatoms. The molecule has 1 aliphatic carbocycles. The van der Waals surface area contributed by atoms with Gasteiger partial charge in [0.15, 0.2) is 0 Å². The molecule has 1 saturated carbocycles. The van der Waals surface area contributed by atoms with Crippen LogP contribution in [0.3, 0.4) is 0 Å². The third-order valence-electron chi connectivity index (χ3n) is 3.17. The maximum Gasteiger partial charge on any atom is 0.309 e. The van der Waals surface area contributed by atoms with E-state index in [1.807, 2.05) is 6.92 Å². The lowest BCUT2D eigenvalue weighted by Gasteiger charge is -2.23. The van der Waals surface area contributed by atoms with Crippen LogP contribution in [-0.4, -0.2) is 28.6 Å². The molecule has 19 heavy (non-hydrogen) atoms. The molecule has 1 fully saturated rings. The van der Waals surface area contributed by atoms with Crippen molar-refractivity contribution < 1.29 is 19.1 Å². The lowest BCUT2D eigenvalue weighted by atomic mass is 9.98. The van der Waals surface area contributed by atoms with Gasteiger partial charge in [0, 0.05) is 10.8 Å². The predicted molar refractivity (Wildman–Crippen MR) is 81.3 cm³/mol. The lowest BCUT2D eigenvalue weighted by molar-refractivity contribution is -0.157. The van der Waals surface area contributed by atoms with Gasteiger partial charge < -0.3 is 9.47 Å². The first-order valence-electron chi connectivity index (χ1n) is 7.10. The number of alkyl halides is 1. The van der Waals surface area contributed by atoms with Gasteiger partial charge in [0.25, 0.3) is 0 Å². The van der Waals surface area contributed by atoms with Crippen LogP contribution in [-0.2, 0) is 19.1 Å². The fourth-order valence-corrected chi connectivity index (χ4v) is 2.67. The molecule has 0 aromatic rings. The van der Waals surface area contributed by atoms with Gasteiger partial charge in [0.1, 0.15) is 12.2 Å². The number of ether oxygens (including phenoxy) is 2. The lowest BCUT2D eigenvalue weighted by Crippen LogP contribution is -2.27. The van der Waals surface area contributed by atoms with Gasteiger partial charge in [-0.25, -0.2) is 0 Å². The maximum atomic E-state index is 11.8. The second-order valence-electron chi connectivity index (χ2n) is 4.97. The Balaban J connectivity index is 2.29. The van der Waals surface area contributed by atoms with E-state index in [4.69, 9.17) is 9.47 Å². The molecule has 0 bridgehead atoms. The molecule has 0 radical (unpaired) electrons. The van der Waals surface area contributed by atoms with Crippen molar-refractivity contribution in [2.75, 3.05) is 4.43 Å². The molecule has 0 aliphatic heterocycles. The largest absolute Gasteiger partial charge is 0.462 e. The molecule has 0 saturated heterocycles. The van der Waals surface area contributed by atoms with Crippen LogP contribution < -0.4 is 0 Å². The van der Waals surface area contributed by atoms with Gasteiger partial charge in [-0.2, -0.15) is 0 Å². The van der Waals surface area contributed by atoms with Crippen molar-refractivity contribution in [3.63, 3.8) is 0 Å². The first-order chi connectivity index (χ1) is 9.15. The topological polar surface area (TPSA) is 52.6 Å². The Morgan fingerprint density at radius 2 is 1.89 bits per heavy atom. The first kappa shape index (κ1) is 16.7. The summed E-state index contributed by atoms with van der Waals surface area (Å²) in [6.45, 7) is 1.93. The molecular formula is C14H23IO4. The van der Waals surface area contributed by atoms with Gasteiger partial charge in [-0.15, -0.1) is 0 Å². The number of hydrogen-bond donors (Lipinski definition) is 0. The third kappa shape index (κ3) is 7.13. The molecule has 0 aromatic heterocycles. The van der Waals surface area contributed by atoms with E-state index < -0.39 is 0 Å². The monoisotopic (exact) mass is 382 g/mol. The van der Waals surface area contributed by atoms with Crippen molar-refractivity contribution in [3.05, 3.63) is 0 Å². The maximum absolute atomic E-state index is 11.8. The molecule has 1 aliphatic rings. The minimum Gasteiger partial charge on any atom is -0.462 e. The smallest absolute Gasteiger partial charge is 0.309 e. The fraction of sp³-hybridized carbons (Fsp3) is 0.857. The highest BCUT2D eigenvalue weighted by atomic mass is 127. The van der Waals surface area contributed by atoms with Crippen LogP contribution in [0.4, 0.5) is 0 Å². The summed E-state index contributed by atoms with van der Waals surface area (Å²) in [5, 5.41) is 0. The van der Waals surface area contributed by atoms with Crippen LogP contribution in [0.2, 0.25) is 0 Å². The number of carbonyl (C=O) groups is 2. The van der Waals surface area contributed by atoms with Crippen molar-refractivity contribution in [1.82, 2.24) is 0 Å². The molecular weight excluding hydrogens is 359 g/mol. The highest BCUT2D eigenvalue weighted by Crippen LogP contribution is 2.21. The second-order valence-corrected chi connectivity index (χ2v) is 5.85. The molecule has 0 N–H and O–H groups in total. The summed E-state index contributed by atoms with van der Waals surface area (Å²) in [5.74, 6) is -0.465. The number of halogens is 1. The van der Waals surface area contributed by atoms with E-state index in [2.05, 4.69) is 22.6 Å². The summed E-state index contributed by atoms with van der Waals surface area (Å²) >= 11 is 2.13. The molecule has 0 heterocycles. The summed E-state index contributed by atoms with van der Waals surface area (Å²) in [5.41, 5.74) is 0. The van der Waals surface area contributed by atoms with Crippen LogP contribution in [0.5, 0.6) is 0 Å². The second kappa shape index (κ2) is 9.55. The van der Waals surface area contributed by atoms with Crippen LogP contribution in [0.15, 0.2) is 0 Å². The van der Waals surface area contributed by atoms with E-state index in [-0.39, 0.29) is 30.6 Å². The summed E-state index contributed by atoms with van der Waals surface area (Å²) in [6.07, 6.45) is 6.52. The predicted octanol–water partition coefficient (Wildman–Crippen LogP) is 3.40. The van der Waals surface area contributed by atoms with Gasteiger partial charge in [0.05, 0.1) is 6.42 Å². The Morgan fingerprint density at radius 3 is 2.47 bits per heavy atom. The van der Waals surface area contributed by atoms with Crippen molar-refractivity contribution in [2.45, 2.75) is 70.5 Å². The molecule has 0 amide bonds. The molecule has 1 atom stereocenters. The van der Waals surface area contributed by atoms with E-state index in [0.717, 1.165) is 32.1 Å². The molecule has 0 spiro atoms. The summed E-state index contributed by atoms with van der Waals surface area (Å²) in [6, 6.07) is 0. The molecule has 0 aromatic carbocycles. The third-order valence-corrected chi connectivity index (χ3v) is 4.15. The highest BCUT2D eigenvalue weighted by molar-refractivity contribution is 14.1. The van der Waals surface area contributed by atoms with E-state index in [9.17, 15) is 9.59 Å². The minimum absolute atomic E-state index is 0.0717. The number of carbonyl (C=O) groups excluding carboxylic acids is 2. The van der Waals surface area contributed by atoms with Crippen molar-refractivity contribution in [3.8, 4) is 0 Å². The zero-order valence-corrected chi connectivity index (χ0v) is 13.7. The molecule has 110 valence electrons. The van der Waals surface area contributed by atoms with E-state index in [1.54, 1.807) is 0 Å². The van der Waals surface area contributed by atoms with Gasteiger partial charge in [0.2, 0.25) is 0 Å². The van der Waals surface area contributed by atoms with E-state index >= 15 is 0 Å². The SMILES string of the molecule is CCCC(=O)OC(CI)CC(=O)OC1CCCCC1. The zero-order valence-electron chi connectivity index (χ0n) is 11.5. The molecule has 1 rings (SSSR count). The Morgan fingerprint density at radius 1 is 1.21 bits per heavy atom. The average Bonchev–Trinajstić information content (AvgIpc) is 2.39. The van der Waals surface area contributed by atoms with Crippen LogP contribution in [0, 0.1) is 0 Å². The van der Waals surface area contributed by atoms with Crippen LogP contribution >= 0.6 is 22.6 Å². The Kier molecular flexibility index (Phi) is 8.41. The van der Waals surface area contributed by atoms with Crippen molar-refractivity contribution in [2.24, 2.45) is 0 Å². The van der Waals surface area contributed by atoms with Crippen LogP contribution in [0.25, 0.3) is 0 Å². The average molecular weight is 382 g/mol. The van der Waals surface area contributed by atoms with Crippen LogP contribution in [0.1, 0.15) is 58.3 Å². The number of hydrogen-bond acceptors (Lipinski definition) is 4. The standard InChI is InChI=1S/C14H23IO4/c1-2-6-13(16)19-12(10-15)9-14(17)18-11-7-4-3-5-8-11/h11-12H,2-10H2,1H3. The van der Waals surface area contributed by atoms with Gasteiger partial charge >= 0.3 is 11.9 Å². The molecule has 4 nitrogen and oxygen atoms in total. The highest BCUT2D eigenvalue weighted by Gasteiger charge is 2.22. The quantitative estimate of drug-likeness (QED) is 0.385. The van der Waals surface area contributed by atoms with E-state index in [1.165, 1.54) is 6.42 Å². The van der Waals surface area contributed by atoms with E-state index in [0.29, 0.717) is 10.8 Å². The zero-order chi connectivity index (χ0) is 14.1. The van der Waals surface area contributed by atoms with Gasteiger partial charge in [-0.05, 0) is 32.1 Å². The summed E-state index contributed by atoms with van der Waals surface area (Å²) in [7, 11) is 0. The van der Waals surface area contributed by atoms with Crippen molar-refractivity contribution in [1.29, 1.82) is 0 Å². The number of esters is 2. The normalized spacial score (nSPS) is 17.8. The first-order valence-corrected chi connectivity index (χ1v) is 8.63. The Hall–Kier alpha value is -0.330. The Labute approximate surface area is 128 Å². The summed E-state index contributed by atoms with van der Waals surface area (Å²) < 4.78 is 11.3. The summed E-state index contributed by atoms with van der Waals surface area (Å²) in [4.78, 5) is 23.2. The fourth-order valence-electron chi connectivity index (χ4n) is 2.18. The van der Waals surface area contributed by atoms with Gasteiger partial charge in [-0.3, -0.25) is 9.59 Å². The minimum atomic E-state index is -0.351. The Bertz CT molecular complexity index is 287. The van der Waals surface area contributed by atoms with Crippen molar-refractivity contribution >= 4 is 34.5 Å².